The molecule has 2 rings (SSSR count). The van der Waals surface area contributed by atoms with Crippen LogP contribution in [-0.2, 0) is 9.53 Å². The molecule has 0 radical (unpaired) electrons. The molecular formula is C18H35N5O3. The van der Waals surface area contributed by atoms with Gasteiger partial charge in [0.05, 0.1) is 12.2 Å². The number of nitrogens with zero attached hydrogens (tertiary/aromatic N) is 3. The molecule has 8 heteroatoms. The lowest BCUT2D eigenvalue weighted by Crippen LogP contribution is -2.44. The fraction of sp³-hybridized carbons (Fsp3) is 0.778. The number of carbonyl (C=O) groups is 1. The predicted molar refractivity (Wildman–Crippen MR) is 103 cm³/mol. The second kappa shape index (κ2) is 11.3. The van der Waals surface area contributed by atoms with Crippen LogP contribution < -0.4 is 10.8 Å². The van der Waals surface area contributed by atoms with Crippen LogP contribution >= 0.6 is 0 Å². The molecule has 1 amide bonds. The summed E-state index contributed by atoms with van der Waals surface area (Å²) in [5, 5.41) is 11.7. The Morgan fingerprint density at radius 2 is 2.08 bits per heavy atom. The highest BCUT2D eigenvalue weighted by Gasteiger charge is 2.49. The molecule has 3 N–H and O–H groups in total. The fourth-order valence-corrected chi connectivity index (χ4v) is 3.28. The van der Waals surface area contributed by atoms with Crippen LogP contribution in [0.25, 0.3) is 0 Å². The summed E-state index contributed by atoms with van der Waals surface area (Å²) in [4.78, 5) is 20.2. The van der Waals surface area contributed by atoms with Crippen LogP contribution in [0.15, 0.2) is 16.8 Å². The summed E-state index contributed by atoms with van der Waals surface area (Å²) >= 11 is 0. The summed E-state index contributed by atoms with van der Waals surface area (Å²) in [6.07, 6.45) is 2.86. The van der Waals surface area contributed by atoms with Crippen molar-refractivity contribution in [2.45, 2.75) is 40.0 Å². The third-order valence-electron chi connectivity index (χ3n) is 4.84. The predicted octanol–water partition coefficient (Wildman–Crippen LogP) is 0.894. The Morgan fingerprint density at radius 3 is 2.62 bits per heavy atom. The van der Waals surface area contributed by atoms with Crippen LogP contribution in [0.1, 0.15) is 27.7 Å². The maximum atomic E-state index is 11.3. The molecule has 1 aliphatic carbocycles. The highest BCUT2D eigenvalue weighted by Crippen LogP contribution is 2.42. The van der Waals surface area contributed by atoms with Gasteiger partial charge in [-0.3, -0.25) is 19.9 Å². The van der Waals surface area contributed by atoms with Crippen LogP contribution in [0.3, 0.4) is 0 Å². The number of rotatable bonds is 9. The molecule has 0 aromatic heterocycles. The number of hydrogen-bond donors (Lipinski definition) is 3. The minimum absolute atomic E-state index is 0.192. The Hall–Kier alpha value is -1.48. The minimum atomic E-state index is -0.570. The molecule has 4 unspecified atom stereocenters. The SMILES string of the molecule is CC.CCOCCN(C)C1C(C)C1CN(C)C1N=CC(C(=O)NO)=CN1. The number of aliphatic imine (C=N–C) groups is 1. The molecule has 150 valence electrons. The zero-order valence-electron chi connectivity index (χ0n) is 16.9. The second-order valence-corrected chi connectivity index (χ2v) is 6.49. The first-order chi connectivity index (χ1) is 12.5. The minimum Gasteiger partial charge on any atom is -0.380 e. The Kier molecular flexibility index (Phi) is 9.79. The van der Waals surface area contributed by atoms with Crippen molar-refractivity contribution in [1.82, 2.24) is 20.6 Å². The monoisotopic (exact) mass is 369 g/mol. The van der Waals surface area contributed by atoms with Crippen molar-refractivity contribution in [3.05, 3.63) is 11.8 Å². The van der Waals surface area contributed by atoms with Crippen LogP contribution in [-0.4, -0.2) is 79.9 Å². The van der Waals surface area contributed by atoms with Gasteiger partial charge in [0, 0.05) is 38.2 Å². The molecule has 0 aromatic rings. The Bertz CT molecular complexity index is 497. The lowest BCUT2D eigenvalue weighted by molar-refractivity contribution is -0.124. The van der Waals surface area contributed by atoms with E-state index in [1.165, 1.54) is 6.21 Å². The lowest BCUT2D eigenvalue weighted by atomic mass is 10.2. The highest BCUT2D eigenvalue weighted by atomic mass is 16.5. The van der Waals surface area contributed by atoms with E-state index in [9.17, 15) is 4.79 Å². The van der Waals surface area contributed by atoms with E-state index in [0.717, 1.165) is 26.3 Å². The number of hydrogen-bond acceptors (Lipinski definition) is 7. The Labute approximate surface area is 157 Å². The maximum absolute atomic E-state index is 11.3. The van der Waals surface area contributed by atoms with E-state index in [-0.39, 0.29) is 6.29 Å². The van der Waals surface area contributed by atoms with Gasteiger partial charge in [0.15, 0.2) is 6.29 Å². The average molecular weight is 370 g/mol. The van der Waals surface area contributed by atoms with E-state index >= 15 is 0 Å². The van der Waals surface area contributed by atoms with Gasteiger partial charge in [0.25, 0.3) is 5.91 Å². The highest BCUT2D eigenvalue weighted by molar-refractivity contribution is 6.11. The van der Waals surface area contributed by atoms with Gasteiger partial charge in [-0.05, 0) is 32.9 Å². The molecule has 0 aromatic carbocycles. The molecular weight excluding hydrogens is 334 g/mol. The van der Waals surface area contributed by atoms with E-state index in [1.807, 2.05) is 27.8 Å². The molecule has 0 saturated heterocycles. The average Bonchev–Trinajstić information content (AvgIpc) is 3.31. The van der Waals surface area contributed by atoms with Crippen molar-refractivity contribution in [2.75, 3.05) is 40.4 Å². The van der Waals surface area contributed by atoms with Gasteiger partial charge < -0.3 is 15.0 Å². The molecule has 1 aliphatic heterocycles. The van der Waals surface area contributed by atoms with E-state index in [0.29, 0.717) is 23.5 Å². The topological polar surface area (TPSA) is 89.4 Å². The van der Waals surface area contributed by atoms with Gasteiger partial charge in [0.1, 0.15) is 0 Å². The molecule has 0 spiro atoms. The van der Waals surface area contributed by atoms with Gasteiger partial charge in [-0.25, -0.2) is 5.48 Å². The number of likely N-dealkylation sites (N-methyl/N-ethyl adjacent to an activating group) is 1. The second-order valence-electron chi connectivity index (χ2n) is 6.49. The van der Waals surface area contributed by atoms with Crippen LogP contribution in [0.4, 0.5) is 0 Å². The summed E-state index contributed by atoms with van der Waals surface area (Å²) in [5.41, 5.74) is 1.90. The van der Waals surface area contributed by atoms with Gasteiger partial charge in [-0.15, -0.1) is 0 Å². The van der Waals surface area contributed by atoms with Crippen LogP contribution in [0, 0.1) is 11.8 Å². The van der Waals surface area contributed by atoms with E-state index in [1.54, 1.807) is 11.7 Å². The molecule has 4 atom stereocenters. The fourth-order valence-electron chi connectivity index (χ4n) is 3.28. The Balaban J connectivity index is 0.00000163. The first kappa shape index (κ1) is 22.6. The third kappa shape index (κ3) is 6.05. The molecule has 8 nitrogen and oxygen atoms in total. The largest absolute Gasteiger partial charge is 0.380 e. The first-order valence-electron chi connectivity index (χ1n) is 9.41. The standard InChI is InChI=1S/C16H29N5O3.C2H6/c1-5-24-7-6-20(3)14-11(2)13(14)10-21(4)16-17-8-12(9-18-16)15(22)19-23;1-2/h8-9,11,13-14,16-17,23H,5-7,10H2,1-4H3,(H,19,22);1-2H3. The molecule has 1 saturated carbocycles. The summed E-state index contributed by atoms with van der Waals surface area (Å²) < 4.78 is 5.43. The van der Waals surface area contributed by atoms with E-state index < -0.39 is 5.91 Å². The van der Waals surface area contributed by atoms with Crippen LogP contribution in [0.2, 0.25) is 0 Å². The number of ether oxygens (including phenoxy) is 1. The Morgan fingerprint density at radius 1 is 1.38 bits per heavy atom. The van der Waals surface area contributed by atoms with Crippen molar-refractivity contribution in [1.29, 1.82) is 0 Å². The van der Waals surface area contributed by atoms with Crippen molar-refractivity contribution in [3.8, 4) is 0 Å². The number of hydroxylamine groups is 1. The summed E-state index contributed by atoms with van der Waals surface area (Å²) in [7, 11) is 4.17. The molecule has 2 aliphatic rings. The number of nitrogens with one attached hydrogen (secondary N) is 2. The van der Waals surface area contributed by atoms with Gasteiger partial charge >= 0.3 is 0 Å². The number of carbonyl (C=O) groups excluding carboxylic acids is 1. The maximum Gasteiger partial charge on any atom is 0.277 e. The summed E-state index contributed by atoms with van der Waals surface area (Å²) in [6.45, 7) is 11.7. The van der Waals surface area contributed by atoms with Crippen molar-refractivity contribution in [2.24, 2.45) is 16.8 Å². The van der Waals surface area contributed by atoms with E-state index in [4.69, 9.17) is 9.94 Å². The number of amides is 1. The summed E-state index contributed by atoms with van der Waals surface area (Å²) in [5.74, 6) is 0.682. The molecule has 26 heavy (non-hydrogen) atoms. The van der Waals surface area contributed by atoms with Gasteiger partial charge in [0.2, 0.25) is 0 Å². The van der Waals surface area contributed by atoms with Crippen LogP contribution in [0.5, 0.6) is 0 Å². The zero-order valence-corrected chi connectivity index (χ0v) is 16.9. The van der Waals surface area contributed by atoms with E-state index in [2.05, 4.69) is 34.1 Å². The van der Waals surface area contributed by atoms with Gasteiger partial charge in [-0.1, -0.05) is 20.8 Å². The molecule has 1 heterocycles. The first-order valence-corrected chi connectivity index (χ1v) is 9.41. The smallest absolute Gasteiger partial charge is 0.277 e. The quantitative estimate of drug-likeness (QED) is 0.318. The normalized spacial score (nSPS) is 26.7. The lowest BCUT2D eigenvalue weighted by Gasteiger charge is -2.27. The van der Waals surface area contributed by atoms with Gasteiger partial charge in [-0.2, -0.15) is 0 Å². The molecule has 0 bridgehead atoms. The zero-order chi connectivity index (χ0) is 19.7. The third-order valence-corrected chi connectivity index (χ3v) is 4.84. The van der Waals surface area contributed by atoms with Crippen molar-refractivity contribution in [3.63, 3.8) is 0 Å². The van der Waals surface area contributed by atoms with Crippen molar-refractivity contribution < 1.29 is 14.7 Å². The summed E-state index contributed by atoms with van der Waals surface area (Å²) in [6, 6.07) is 0.576. The molecule has 1 fully saturated rings. The van der Waals surface area contributed by atoms with Crippen molar-refractivity contribution >= 4 is 12.1 Å².